The molecule has 1 heterocycles. The highest BCUT2D eigenvalue weighted by Gasteiger charge is 2.29. The van der Waals surface area contributed by atoms with Crippen molar-refractivity contribution in [2.75, 3.05) is 0 Å². The van der Waals surface area contributed by atoms with Crippen LogP contribution in [0.2, 0.25) is 0 Å². The summed E-state index contributed by atoms with van der Waals surface area (Å²) in [7, 11) is 0. The second-order valence-corrected chi connectivity index (χ2v) is 5.41. The maximum absolute atomic E-state index is 3.57. The van der Waals surface area contributed by atoms with Crippen LogP contribution in [0.25, 0.3) is 0 Å². The first-order valence-corrected chi connectivity index (χ1v) is 5.51. The molecule has 0 amide bonds. The molecule has 3 heteroatoms. The first-order chi connectivity index (χ1) is 6.09. The van der Waals surface area contributed by atoms with Crippen LogP contribution in [0.1, 0.15) is 26.3 Å². The third kappa shape index (κ3) is 2.08. The summed E-state index contributed by atoms with van der Waals surface area (Å²) in [5, 5.41) is 4.08. The van der Waals surface area contributed by atoms with Gasteiger partial charge in [-0.2, -0.15) is 0 Å². The molecule has 1 N–H and O–H groups in total. The van der Waals surface area contributed by atoms with Crippen molar-refractivity contribution < 1.29 is 0 Å². The van der Waals surface area contributed by atoms with E-state index >= 15 is 0 Å². The number of thioether (sulfide) groups is 1. The predicted octanol–water partition coefficient (Wildman–Crippen LogP) is 3.38. The summed E-state index contributed by atoms with van der Waals surface area (Å²) in [5.74, 6) is 0. The smallest absolute Gasteiger partial charge is 0.0557 e. The van der Waals surface area contributed by atoms with Crippen LogP contribution < -0.4 is 5.32 Å². The number of benzene rings is 1. The highest BCUT2D eigenvalue weighted by Crippen LogP contribution is 2.38. The van der Waals surface area contributed by atoms with Crippen LogP contribution >= 0.6 is 24.2 Å². The number of hydrogen-bond donors (Lipinski definition) is 1. The van der Waals surface area contributed by atoms with Gasteiger partial charge in [-0.15, -0.1) is 24.2 Å². The van der Waals surface area contributed by atoms with Gasteiger partial charge in [-0.3, -0.25) is 5.32 Å². The van der Waals surface area contributed by atoms with Crippen molar-refractivity contribution in [3.05, 3.63) is 29.8 Å². The average Bonchev–Trinajstić information content (AvgIpc) is 2.02. The largest absolute Gasteiger partial charge is 0.296 e. The number of halogens is 1. The summed E-state index contributed by atoms with van der Waals surface area (Å²) < 4.78 is 0. The van der Waals surface area contributed by atoms with E-state index in [0.29, 0.717) is 5.37 Å². The molecule has 0 bridgehead atoms. The lowest BCUT2D eigenvalue weighted by Gasteiger charge is -2.37. The van der Waals surface area contributed by atoms with Gasteiger partial charge in [-0.05, 0) is 32.4 Å². The lowest BCUT2D eigenvalue weighted by Crippen LogP contribution is -2.44. The predicted molar refractivity (Wildman–Crippen MR) is 65.2 cm³/mol. The van der Waals surface area contributed by atoms with Gasteiger partial charge < -0.3 is 0 Å². The van der Waals surface area contributed by atoms with E-state index in [4.69, 9.17) is 0 Å². The molecule has 1 unspecified atom stereocenters. The Labute approximate surface area is 96.1 Å². The Morgan fingerprint density at radius 2 is 1.93 bits per heavy atom. The maximum atomic E-state index is 3.57. The van der Waals surface area contributed by atoms with Gasteiger partial charge in [0.2, 0.25) is 0 Å². The summed E-state index contributed by atoms with van der Waals surface area (Å²) in [6.07, 6.45) is 0. The highest BCUT2D eigenvalue weighted by atomic mass is 35.5. The van der Waals surface area contributed by atoms with Crippen LogP contribution in [0.5, 0.6) is 0 Å². The molecule has 0 radical (unpaired) electrons. The quantitative estimate of drug-likeness (QED) is 0.732. The zero-order valence-corrected chi connectivity index (χ0v) is 10.3. The minimum Gasteiger partial charge on any atom is -0.296 e. The highest BCUT2D eigenvalue weighted by molar-refractivity contribution is 8.00. The van der Waals surface area contributed by atoms with E-state index in [1.807, 2.05) is 11.8 Å². The molecule has 1 atom stereocenters. The second-order valence-electron chi connectivity index (χ2n) is 4.03. The fraction of sp³-hybridized carbons (Fsp3) is 0.455. The van der Waals surface area contributed by atoms with Crippen LogP contribution in [-0.4, -0.2) is 5.37 Å². The fourth-order valence-electron chi connectivity index (χ4n) is 1.89. The Kier molecular flexibility index (Phi) is 3.51. The maximum Gasteiger partial charge on any atom is 0.0557 e. The Bertz CT molecular complexity index is 325. The number of nitrogens with one attached hydrogen (secondary N) is 1. The van der Waals surface area contributed by atoms with E-state index in [1.54, 1.807) is 0 Å². The molecule has 0 spiro atoms. The molecule has 1 aromatic rings. The third-order valence-electron chi connectivity index (χ3n) is 2.43. The standard InChI is InChI=1S/C11H15NS.ClH/c1-8-12-11(2,3)9-6-4-5-7-10(9)13-8;/h4-8,12H,1-3H3;1H. The van der Waals surface area contributed by atoms with E-state index in [9.17, 15) is 0 Å². The first-order valence-electron chi connectivity index (χ1n) is 4.63. The Hall–Kier alpha value is -0.180. The first kappa shape index (κ1) is 11.9. The van der Waals surface area contributed by atoms with Crippen molar-refractivity contribution >= 4 is 24.2 Å². The molecule has 78 valence electrons. The van der Waals surface area contributed by atoms with E-state index in [-0.39, 0.29) is 17.9 Å². The molecule has 0 aliphatic carbocycles. The molecule has 14 heavy (non-hydrogen) atoms. The third-order valence-corrected chi connectivity index (χ3v) is 3.51. The SMILES string of the molecule is CC1NC(C)(C)c2ccccc2S1.Cl. The van der Waals surface area contributed by atoms with Gasteiger partial charge in [0.1, 0.15) is 0 Å². The fourth-order valence-corrected chi connectivity index (χ4v) is 3.23. The van der Waals surface area contributed by atoms with E-state index < -0.39 is 0 Å². The zero-order valence-electron chi connectivity index (χ0n) is 8.70. The normalized spacial score (nSPS) is 23.5. The van der Waals surface area contributed by atoms with Crippen LogP contribution in [0.4, 0.5) is 0 Å². The Balaban J connectivity index is 0.000000980. The molecule has 1 nitrogen and oxygen atoms in total. The molecular formula is C11H16ClNS. The summed E-state index contributed by atoms with van der Waals surface area (Å²) in [5.41, 5.74) is 1.53. The molecule has 1 aliphatic heterocycles. The van der Waals surface area contributed by atoms with Crippen molar-refractivity contribution in [3.8, 4) is 0 Å². The van der Waals surface area contributed by atoms with Gasteiger partial charge in [0.05, 0.1) is 5.37 Å². The lowest BCUT2D eigenvalue weighted by molar-refractivity contribution is 0.386. The molecule has 0 saturated carbocycles. The van der Waals surface area contributed by atoms with E-state index in [1.165, 1.54) is 10.5 Å². The van der Waals surface area contributed by atoms with Gasteiger partial charge in [-0.1, -0.05) is 18.2 Å². The average molecular weight is 230 g/mol. The molecule has 1 aromatic carbocycles. The number of hydrogen-bond acceptors (Lipinski definition) is 2. The summed E-state index contributed by atoms with van der Waals surface area (Å²) in [6.45, 7) is 6.69. The topological polar surface area (TPSA) is 12.0 Å². The monoisotopic (exact) mass is 229 g/mol. The van der Waals surface area contributed by atoms with Crippen LogP contribution in [-0.2, 0) is 5.54 Å². The van der Waals surface area contributed by atoms with Crippen LogP contribution in [0, 0.1) is 0 Å². The van der Waals surface area contributed by atoms with Crippen LogP contribution in [0.3, 0.4) is 0 Å². The van der Waals surface area contributed by atoms with Crippen molar-refractivity contribution in [1.29, 1.82) is 0 Å². The second kappa shape index (κ2) is 4.13. The number of rotatable bonds is 0. The van der Waals surface area contributed by atoms with Crippen molar-refractivity contribution in [3.63, 3.8) is 0 Å². The molecule has 1 aliphatic rings. The molecule has 0 aromatic heterocycles. The molecule has 2 rings (SSSR count). The van der Waals surface area contributed by atoms with E-state index in [2.05, 4.69) is 50.4 Å². The molecule has 0 saturated heterocycles. The van der Waals surface area contributed by atoms with Crippen LogP contribution in [0.15, 0.2) is 29.2 Å². The molecule has 0 fully saturated rings. The summed E-state index contributed by atoms with van der Waals surface area (Å²) in [4.78, 5) is 1.42. The van der Waals surface area contributed by atoms with Crippen molar-refractivity contribution in [2.24, 2.45) is 0 Å². The van der Waals surface area contributed by atoms with Crippen molar-refractivity contribution in [1.82, 2.24) is 5.32 Å². The molecular weight excluding hydrogens is 214 g/mol. The summed E-state index contributed by atoms with van der Waals surface area (Å²) in [6, 6.07) is 8.64. The van der Waals surface area contributed by atoms with Gasteiger partial charge >= 0.3 is 0 Å². The van der Waals surface area contributed by atoms with E-state index in [0.717, 1.165) is 0 Å². The Morgan fingerprint density at radius 3 is 2.64 bits per heavy atom. The number of fused-ring (bicyclic) bond motifs is 1. The lowest BCUT2D eigenvalue weighted by atomic mass is 9.94. The Morgan fingerprint density at radius 1 is 1.29 bits per heavy atom. The zero-order chi connectivity index (χ0) is 9.47. The minimum atomic E-state index is 0. The van der Waals surface area contributed by atoms with Gasteiger partial charge in [0, 0.05) is 10.4 Å². The van der Waals surface area contributed by atoms with Crippen molar-refractivity contribution in [2.45, 2.75) is 36.6 Å². The van der Waals surface area contributed by atoms with Gasteiger partial charge in [0.25, 0.3) is 0 Å². The minimum absolute atomic E-state index is 0. The van der Waals surface area contributed by atoms with Gasteiger partial charge in [0.15, 0.2) is 0 Å². The summed E-state index contributed by atoms with van der Waals surface area (Å²) >= 11 is 1.90. The van der Waals surface area contributed by atoms with Gasteiger partial charge in [-0.25, -0.2) is 0 Å².